The van der Waals surface area contributed by atoms with Gasteiger partial charge in [-0.25, -0.2) is 0 Å². The second kappa shape index (κ2) is 4.53. The van der Waals surface area contributed by atoms with Gasteiger partial charge in [0.25, 0.3) is 0 Å². The average molecular weight is 221 g/mol. The topological polar surface area (TPSA) is 55.5 Å². The summed E-state index contributed by atoms with van der Waals surface area (Å²) in [5.74, 6) is 0. The minimum atomic E-state index is -0.279. The van der Waals surface area contributed by atoms with E-state index in [1.54, 1.807) is 7.11 Å². The zero-order valence-corrected chi connectivity index (χ0v) is 9.65. The number of aliphatic hydroxyl groups excluding tert-OH is 1. The first-order valence-corrected chi connectivity index (χ1v) is 5.68. The molecular weight excluding hydrogens is 202 g/mol. The van der Waals surface area contributed by atoms with Crippen molar-refractivity contribution in [3.63, 3.8) is 0 Å². The highest BCUT2D eigenvalue weighted by atomic mass is 16.5. The molecule has 3 nitrogen and oxygen atoms in total. The van der Waals surface area contributed by atoms with Crippen molar-refractivity contribution < 1.29 is 9.84 Å². The van der Waals surface area contributed by atoms with E-state index in [1.165, 1.54) is 18.4 Å². The van der Waals surface area contributed by atoms with Gasteiger partial charge < -0.3 is 15.6 Å². The molecule has 0 amide bonds. The van der Waals surface area contributed by atoms with E-state index < -0.39 is 0 Å². The van der Waals surface area contributed by atoms with Crippen LogP contribution < -0.4 is 5.73 Å². The molecule has 1 aromatic carbocycles. The summed E-state index contributed by atoms with van der Waals surface area (Å²) in [7, 11) is 1.74. The Bertz CT molecular complexity index is 361. The molecule has 1 saturated carbocycles. The Morgan fingerprint density at radius 2 is 2.25 bits per heavy atom. The van der Waals surface area contributed by atoms with Crippen LogP contribution in [0.25, 0.3) is 0 Å². The average Bonchev–Trinajstić information content (AvgIpc) is 3.10. The van der Waals surface area contributed by atoms with Crippen molar-refractivity contribution in [1.82, 2.24) is 0 Å². The van der Waals surface area contributed by atoms with E-state index in [4.69, 9.17) is 15.6 Å². The van der Waals surface area contributed by atoms with Crippen LogP contribution in [0.15, 0.2) is 24.3 Å². The minimum absolute atomic E-state index is 0.0132. The molecule has 1 aromatic rings. The van der Waals surface area contributed by atoms with Crippen molar-refractivity contribution in [3.05, 3.63) is 35.4 Å². The zero-order valence-electron chi connectivity index (χ0n) is 9.65. The van der Waals surface area contributed by atoms with Gasteiger partial charge in [0, 0.05) is 12.5 Å². The van der Waals surface area contributed by atoms with Gasteiger partial charge in [-0.2, -0.15) is 0 Å². The smallest absolute Gasteiger partial charge is 0.0624 e. The summed E-state index contributed by atoms with van der Waals surface area (Å²) in [4.78, 5) is 0. The van der Waals surface area contributed by atoms with Crippen LogP contribution in [0.1, 0.15) is 30.0 Å². The first-order valence-electron chi connectivity index (χ1n) is 5.68. The number of methoxy groups -OCH3 is 1. The molecule has 0 aromatic heterocycles. The molecule has 0 heterocycles. The fourth-order valence-corrected chi connectivity index (χ4v) is 2.15. The molecule has 0 bridgehead atoms. The van der Waals surface area contributed by atoms with E-state index in [2.05, 4.69) is 12.1 Å². The van der Waals surface area contributed by atoms with Gasteiger partial charge in [0.05, 0.1) is 19.3 Å². The van der Waals surface area contributed by atoms with Crippen molar-refractivity contribution in [1.29, 1.82) is 0 Å². The van der Waals surface area contributed by atoms with Crippen molar-refractivity contribution >= 4 is 0 Å². The van der Waals surface area contributed by atoms with E-state index in [9.17, 15) is 0 Å². The Morgan fingerprint density at radius 3 is 2.81 bits per heavy atom. The summed E-state index contributed by atoms with van der Waals surface area (Å²) in [6, 6.07) is 7.92. The van der Waals surface area contributed by atoms with Crippen LogP contribution in [0.3, 0.4) is 0 Å². The Hall–Kier alpha value is -0.900. The van der Waals surface area contributed by atoms with Crippen LogP contribution in [-0.2, 0) is 10.2 Å². The third-order valence-electron chi connectivity index (χ3n) is 3.40. The lowest BCUT2D eigenvalue weighted by atomic mass is 9.93. The summed E-state index contributed by atoms with van der Waals surface area (Å²) in [6.07, 6.45) is 2.36. The molecule has 1 fully saturated rings. The van der Waals surface area contributed by atoms with Crippen molar-refractivity contribution in [2.75, 3.05) is 20.3 Å². The molecule has 1 atom stereocenters. The Labute approximate surface area is 96.2 Å². The van der Waals surface area contributed by atoms with Gasteiger partial charge in [-0.1, -0.05) is 24.3 Å². The van der Waals surface area contributed by atoms with Gasteiger partial charge in [-0.15, -0.1) is 0 Å². The molecule has 3 N–H and O–H groups in total. The number of nitrogens with two attached hydrogens (primary N) is 1. The van der Waals surface area contributed by atoms with Crippen LogP contribution in [-0.4, -0.2) is 25.4 Å². The summed E-state index contributed by atoms with van der Waals surface area (Å²) in [5.41, 5.74) is 8.32. The molecule has 0 aliphatic heterocycles. The molecule has 0 spiro atoms. The standard InChI is InChI=1S/C13H19NO2/c1-16-9-13(5-6-13)11-4-2-3-10(7-11)12(14)8-15/h2-4,7,12,15H,5-6,8-9,14H2,1H3. The van der Waals surface area contributed by atoms with E-state index in [-0.39, 0.29) is 18.1 Å². The molecule has 0 radical (unpaired) electrons. The minimum Gasteiger partial charge on any atom is -0.394 e. The number of benzene rings is 1. The monoisotopic (exact) mass is 221 g/mol. The molecule has 1 unspecified atom stereocenters. The van der Waals surface area contributed by atoms with Crippen LogP contribution in [0.2, 0.25) is 0 Å². The van der Waals surface area contributed by atoms with Crippen molar-refractivity contribution in [2.45, 2.75) is 24.3 Å². The van der Waals surface area contributed by atoms with Crippen LogP contribution >= 0.6 is 0 Å². The lowest BCUT2D eigenvalue weighted by Crippen LogP contribution is -2.17. The van der Waals surface area contributed by atoms with E-state index in [1.807, 2.05) is 12.1 Å². The Morgan fingerprint density at radius 1 is 1.50 bits per heavy atom. The Kier molecular flexibility index (Phi) is 3.28. The number of hydrogen-bond acceptors (Lipinski definition) is 3. The zero-order chi connectivity index (χ0) is 11.6. The lowest BCUT2D eigenvalue weighted by Gasteiger charge is -2.17. The maximum Gasteiger partial charge on any atom is 0.0624 e. The summed E-state index contributed by atoms with van der Waals surface area (Å²) in [6.45, 7) is 0.756. The predicted octanol–water partition coefficient (Wildman–Crippen LogP) is 1.36. The molecule has 16 heavy (non-hydrogen) atoms. The summed E-state index contributed by atoms with van der Waals surface area (Å²) >= 11 is 0. The summed E-state index contributed by atoms with van der Waals surface area (Å²) < 4.78 is 5.27. The molecule has 3 heteroatoms. The maximum absolute atomic E-state index is 9.05. The fraction of sp³-hybridized carbons (Fsp3) is 0.538. The quantitative estimate of drug-likeness (QED) is 0.789. The molecule has 88 valence electrons. The first kappa shape index (κ1) is 11.6. The summed E-state index contributed by atoms with van der Waals surface area (Å²) in [5, 5.41) is 9.05. The highest BCUT2D eigenvalue weighted by Gasteiger charge is 2.44. The van der Waals surface area contributed by atoms with Gasteiger partial charge in [0.15, 0.2) is 0 Å². The number of ether oxygens (including phenoxy) is 1. The fourth-order valence-electron chi connectivity index (χ4n) is 2.15. The first-order chi connectivity index (χ1) is 7.72. The normalized spacial score (nSPS) is 19.4. The van der Waals surface area contributed by atoms with Crippen LogP contribution in [0, 0.1) is 0 Å². The second-order valence-corrected chi connectivity index (χ2v) is 4.63. The molecule has 1 aliphatic carbocycles. The van der Waals surface area contributed by atoms with Crippen LogP contribution in [0.5, 0.6) is 0 Å². The number of rotatable bonds is 5. The highest BCUT2D eigenvalue weighted by molar-refractivity contribution is 5.36. The maximum atomic E-state index is 9.05. The number of hydrogen-bond donors (Lipinski definition) is 2. The Balaban J connectivity index is 2.22. The largest absolute Gasteiger partial charge is 0.394 e. The molecular formula is C13H19NO2. The predicted molar refractivity (Wildman–Crippen MR) is 63.2 cm³/mol. The van der Waals surface area contributed by atoms with E-state index in [0.29, 0.717) is 0 Å². The third kappa shape index (κ3) is 2.12. The van der Waals surface area contributed by atoms with E-state index in [0.717, 1.165) is 12.2 Å². The van der Waals surface area contributed by atoms with Crippen LogP contribution in [0.4, 0.5) is 0 Å². The van der Waals surface area contributed by atoms with Gasteiger partial charge >= 0.3 is 0 Å². The SMILES string of the molecule is COCC1(c2cccc(C(N)CO)c2)CC1. The number of aliphatic hydroxyl groups is 1. The van der Waals surface area contributed by atoms with Crippen molar-refractivity contribution in [3.8, 4) is 0 Å². The van der Waals surface area contributed by atoms with Crippen molar-refractivity contribution in [2.24, 2.45) is 5.73 Å². The second-order valence-electron chi connectivity index (χ2n) is 4.63. The lowest BCUT2D eigenvalue weighted by molar-refractivity contribution is 0.171. The highest BCUT2D eigenvalue weighted by Crippen LogP contribution is 2.48. The van der Waals surface area contributed by atoms with Gasteiger partial charge in [-0.05, 0) is 24.0 Å². The van der Waals surface area contributed by atoms with Gasteiger partial charge in [0.1, 0.15) is 0 Å². The third-order valence-corrected chi connectivity index (χ3v) is 3.40. The molecule has 2 rings (SSSR count). The van der Waals surface area contributed by atoms with E-state index >= 15 is 0 Å². The molecule has 0 saturated heterocycles. The molecule has 1 aliphatic rings. The van der Waals surface area contributed by atoms with Gasteiger partial charge in [0.2, 0.25) is 0 Å². The van der Waals surface area contributed by atoms with Gasteiger partial charge in [-0.3, -0.25) is 0 Å².